The van der Waals surface area contributed by atoms with Crippen molar-refractivity contribution in [2.24, 2.45) is 0 Å². The second-order valence-corrected chi connectivity index (χ2v) is 3.77. The second-order valence-electron chi connectivity index (χ2n) is 2.06. The van der Waals surface area contributed by atoms with E-state index in [0.717, 1.165) is 0 Å². The van der Waals surface area contributed by atoms with E-state index >= 15 is 0 Å². The first-order chi connectivity index (χ1) is 5.38. The summed E-state index contributed by atoms with van der Waals surface area (Å²) in [5.74, 6) is -0.802. The smallest absolute Gasteiger partial charge is 0.413 e. The first-order valence-corrected chi connectivity index (χ1v) is 3.99. The maximum atomic E-state index is 10.9. The largest absolute Gasteiger partial charge is 0.450 e. The number of amides is 2. The lowest BCUT2D eigenvalue weighted by molar-refractivity contribution is -0.120. The fourth-order valence-electron chi connectivity index (χ4n) is 0.370. The molecule has 0 aliphatic heterocycles. The van der Waals surface area contributed by atoms with E-state index in [-0.39, 0.29) is 6.61 Å². The highest BCUT2D eigenvalue weighted by atomic mass is 35.5. The molecular weight excluding hydrogens is 205 g/mol. The second kappa shape index (κ2) is 4.52. The molecule has 70 valence electrons. The number of carbonyl (C=O) groups is 2. The molecule has 0 heterocycles. The number of alkyl carbamates (subject to hydrolysis) is 1. The lowest BCUT2D eigenvalue weighted by Crippen LogP contribution is -2.40. The molecule has 0 fully saturated rings. The molecule has 0 saturated carbocycles. The fraction of sp³-hybridized carbons (Fsp3) is 0.667. The van der Waals surface area contributed by atoms with Gasteiger partial charge in [0.15, 0.2) is 4.33 Å². The monoisotopic (exact) mass is 213 g/mol. The Morgan fingerprint density at radius 1 is 1.50 bits per heavy atom. The number of rotatable bonds is 2. The van der Waals surface area contributed by atoms with Gasteiger partial charge in [-0.3, -0.25) is 10.1 Å². The van der Waals surface area contributed by atoms with E-state index in [1.807, 2.05) is 5.32 Å². The van der Waals surface area contributed by atoms with Gasteiger partial charge >= 0.3 is 6.09 Å². The van der Waals surface area contributed by atoms with Gasteiger partial charge < -0.3 is 4.74 Å². The van der Waals surface area contributed by atoms with Gasteiger partial charge in [-0.1, -0.05) is 23.2 Å². The van der Waals surface area contributed by atoms with Crippen molar-refractivity contribution in [1.82, 2.24) is 5.32 Å². The predicted octanol–water partition coefficient (Wildman–Crippen LogP) is 1.45. The van der Waals surface area contributed by atoms with Gasteiger partial charge in [0.25, 0.3) is 5.91 Å². The van der Waals surface area contributed by atoms with Crippen molar-refractivity contribution < 1.29 is 14.3 Å². The summed E-state index contributed by atoms with van der Waals surface area (Å²) in [4.78, 5) is 21.5. The van der Waals surface area contributed by atoms with Crippen LogP contribution in [0.2, 0.25) is 0 Å². The molecule has 0 bridgehead atoms. The normalized spacial score (nSPS) is 10.7. The number of carbonyl (C=O) groups excluding carboxylic acids is 2. The van der Waals surface area contributed by atoms with Crippen LogP contribution in [0.5, 0.6) is 0 Å². The fourth-order valence-corrected chi connectivity index (χ4v) is 0.464. The molecular formula is C6H9Cl2NO3. The summed E-state index contributed by atoms with van der Waals surface area (Å²) in [7, 11) is 0. The van der Waals surface area contributed by atoms with E-state index in [0.29, 0.717) is 0 Å². The lowest BCUT2D eigenvalue weighted by Gasteiger charge is -2.11. The minimum absolute atomic E-state index is 0.181. The molecule has 4 nitrogen and oxygen atoms in total. The van der Waals surface area contributed by atoms with Crippen LogP contribution in [0.15, 0.2) is 0 Å². The number of nitrogens with one attached hydrogen (secondary N) is 1. The molecule has 0 rings (SSSR count). The molecule has 0 aromatic heterocycles. The molecule has 0 aromatic rings. The Balaban J connectivity index is 3.94. The third-order valence-corrected chi connectivity index (χ3v) is 1.23. The SMILES string of the molecule is CCOC(=O)NC(=O)C(C)(Cl)Cl. The van der Waals surface area contributed by atoms with Crippen LogP contribution < -0.4 is 5.32 Å². The van der Waals surface area contributed by atoms with Crippen molar-refractivity contribution in [1.29, 1.82) is 0 Å². The number of ether oxygens (including phenoxy) is 1. The van der Waals surface area contributed by atoms with Crippen molar-refractivity contribution >= 4 is 35.2 Å². The van der Waals surface area contributed by atoms with Gasteiger partial charge in [0.2, 0.25) is 0 Å². The Hall–Kier alpha value is -0.480. The van der Waals surface area contributed by atoms with Crippen LogP contribution in [0.1, 0.15) is 13.8 Å². The van der Waals surface area contributed by atoms with Crippen molar-refractivity contribution in [3.63, 3.8) is 0 Å². The Labute approximate surface area is 80.2 Å². The Kier molecular flexibility index (Phi) is 4.34. The number of hydrogen-bond donors (Lipinski definition) is 1. The minimum Gasteiger partial charge on any atom is -0.450 e. The Bertz CT molecular complexity index is 188. The van der Waals surface area contributed by atoms with Crippen molar-refractivity contribution in [3.05, 3.63) is 0 Å². The van der Waals surface area contributed by atoms with Crippen LogP contribution in [0.4, 0.5) is 4.79 Å². The lowest BCUT2D eigenvalue weighted by atomic mass is 10.4. The predicted molar refractivity (Wildman–Crippen MR) is 45.3 cm³/mol. The summed E-state index contributed by atoms with van der Waals surface area (Å²) in [6.45, 7) is 3.05. The molecule has 2 amide bonds. The number of alkyl halides is 2. The molecule has 12 heavy (non-hydrogen) atoms. The zero-order valence-corrected chi connectivity index (χ0v) is 8.20. The zero-order valence-electron chi connectivity index (χ0n) is 6.69. The van der Waals surface area contributed by atoms with Gasteiger partial charge in [-0.2, -0.15) is 0 Å². The number of halogens is 2. The maximum absolute atomic E-state index is 10.9. The first kappa shape index (κ1) is 11.5. The Morgan fingerprint density at radius 3 is 2.33 bits per heavy atom. The van der Waals surface area contributed by atoms with Gasteiger partial charge in [-0.25, -0.2) is 4.79 Å². The molecule has 0 spiro atoms. The molecule has 0 aromatic carbocycles. The average Bonchev–Trinajstić information content (AvgIpc) is 1.85. The summed E-state index contributed by atoms with van der Waals surface area (Å²) in [5, 5.41) is 1.86. The summed E-state index contributed by atoms with van der Waals surface area (Å²) in [6.07, 6.45) is -0.852. The first-order valence-electron chi connectivity index (χ1n) is 3.24. The van der Waals surface area contributed by atoms with E-state index in [4.69, 9.17) is 23.2 Å². The molecule has 0 aliphatic carbocycles. The van der Waals surface area contributed by atoms with Gasteiger partial charge in [0.05, 0.1) is 6.61 Å². The number of imide groups is 1. The van der Waals surface area contributed by atoms with Crippen LogP contribution in [0.25, 0.3) is 0 Å². The zero-order chi connectivity index (χ0) is 9.78. The highest BCUT2D eigenvalue weighted by molar-refractivity contribution is 6.58. The molecule has 0 atom stereocenters. The van der Waals surface area contributed by atoms with E-state index in [9.17, 15) is 9.59 Å². The van der Waals surface area contributed by atoms with Crippen LogP contribution in [-0.2, 0) is 9.53 Å². The standard InChI is InChI=1S/C6H9Cl2NO3/c1-3-12-5(11)9-4(10)6(2,7)8/h3H2,1-2H3,(H,9,10,11). The topological polar surface area (TPSA) is 55.4 Å². The quantitative estimate of drug-likeness (QED) is 0.707. The highest BCUT2D eigenvalue weighted by Gasteiger charge is 2.29. The third-order valence-electron chi connectivity index (χ3n) is 0.890. The maximum Gasteiger partial charge on any atom is 0.413 e. The molecule has 0 saturated heterocycles. The van der Waals surface area contributed by atoms with E-state index < -0.39 is 16.3 Å². The summed E-state index contributed by atoms with van der Waals surface area (Å²) in [5.41, 5.74) is 0. The summed E-state index contributed by atoms with van der Waals surface area (Å²) in [6, 6.07) is 0. The highest BCUT2D eigenvalue weighted by Crippen LogP contribution is 2.18. The van der Waals surface area contributed by atoms with E-state index in [1.54, 1.807) is 6.92 Å². The van der Waals surface area contributed by atoms with Crippen LogP contribution >= 0.6 is 23.2 Å². The summed E-state index contributed by atoms with van der Waals surface area (Å²) < 4.78 is 2.80. The van der Waals surface area contributed by atoms with Gasteiger partial charge in [-0.05, 0) is 13.8 Å². The number of hydrogen-bond acceptors (Lipinski definition) is 3. The van der Waals surface area contributed by atoms with Gasteiger partial charge in [-0.15, -0.1) is 0 Å². The molecule has 0 aliphatic rings. The summed E-state index contributed by atoms with van der Waals surface area (Å²) >= 11 is 10.7. The van der Waals surface area contributed by atoms with E-state index in [1.165, 1.54) is 6.92 Å². The van der Waals surface area contributed by atoms with Gasteiger partial charge in [0, 0.05) is 0 Å². The minimum atomic E-state index is -1.62. The molecule has 6 heteroatoms. The molecule has 0 unspecified atom stereocenters. The van der Waals surface area contributed by atoms with Crippen molar-refractivity contribution in [2.45, 2.75) is 18.2 Å². The van der Waals surface area contributed by atoms with Crippen LogP contribution in [0.3, 0.4) is 0 Å². The average molecular weight is 214 g/mol. The van der Waals surface area contributed by atoms with Crippen LogP contribution in [-0.4, -0.2) is 22.9 Å². The molecule has 1 N–H and O–H groups in total. The molecule has 0 radical (unpaired) electrons. The van der Waals surface area contributed by atoms with Crippen LogP contribution in [0, 0.1) is 0 Å². The van der Waals surface area contributed by atoms with Crippen molar-refractivity contribution in [3.8, 4) is 0 Å². The van der Waals surface area contributed by atoms with Gasteiger partial charge in [0.1, 0.15) is 0 Å². The van der Waals surface area contributed by atoms with Crippen molar-refractivity contribution in [2.75, 3.05) is 6.61 Å². The Morgan fingerprint density at radius 2 is 2.00 bits per heavy atom. The van der Waals surface area contributed by atoms with E-state index in [2.05, 4.69) is 4.74 Å². The third kappa shape index (κ3) is 4.41.